The number of carbonyl (C=O) groups excluding carboxylic acids is 1. The Morgan fingerprint density at radius 1 is 1.16 bits per heavy atom. The van der Waals surface area contributed by atoms with Crippen molar-refractivity contribution in [3.8, 4) is 17.2 Å². The van der Waals surface area contributed by atoms with Crippen molar-refractivity contribution in [3.05, 3.63) is 53.6 Å². The summed E-state index contributed by atoms with van der Waals surface area (Å²) in [4.78, 5) is 13.2. The quantitative estimate of drug-likeness (QED) is 0.748. The lowest BCUT2D eigenvalue weighted by Crippen LogP contribution is -2.80. The molecular weight excluding hydrogens is 402 g/mol. The van der Waals surface area contributed by atoms with E-state index in [4.69, 9.17) is 9.47 Å². The third-order valence-electron chi connectivity index (χ3n) is 9.23. The molecule has 2 saturated carbocycles. The average molecular weight is 433 g/mol. The van der Waals surface area contributed by atoms with Crippen LogP contribution in [0.25, 0.3) is 0 Å². The van der Waals surface area contributed by atoms with Gasteiger partial charge in [0.2, 0.25) is 0 Å². The molecule has 32 heavy (non-hydrogen) atoms. The molecule has 1 spiro atoms. The number of quaternary nitrogens is 1. The number of Topliss-reactive ketones (excluding diaryl/α,β-unsaturated/α-hetero) is 1. The zero-order chi connectivity index (χ0) is 21.7. The molecule has 0 amide bonds. The SMILES string of the molecule is C[N+]1(CC2CC2)CC[C@]23c4c5ccc(Oc6ccccc6)c4O[C@H]2C(=O)CC[C@@]3(O)[C@H]1C5. The van der Waals surface area contributed by atoms with E-state index in [1.165, 1.54) is 18.4 Å². The van der Waals surface area contributed by atoms with Gasteiger partial charge in [-0.15, -0.1) is 0 Å². The number of para-hydroxylation sites is 1. The third kappa shape index (κ3) is 2.28. The van der Waals surface area contributed by atoms with Crippen LogP contribution in [-0.2, 0) is 16.6 Å². The molecule has 0 aromatic heterocycles. The zero-order valence-electron chi connectivity index (χ0n) is 18.5. The summed E-state index contributed by atoms with van der Waals surface area (Å²) in [5.74, 6) is 2.99. The van der Waals surface area contributed by atoms with Crippen molar-refractivity contribution < 1.29 is 23.9 Å². The second-order valence-electron chi connectivity index (χ2n) is 11.0. The number of piperidine rings is 1. The summed E-state index contributed by atoms with van der Waals surface area (Å²) < 4.78 is 13.6. The van der Waals surface area contributed by atoms with Gasteiger partial charge in [-0.3, -0.25) is 4.79 Å². The Hall–Kier alpha value is -2.37. The van der Waals surface area contributed by atoms with Gasteiger partial charge < -0.3 is 19.1 Å². The summed E-state index contributed by atoms with van der Waals surface area (Å²) in [6.07, 6.45) is 4.57. The predicted octanol–water partition coefficient (Wildman–Crippen LogP) is 3.76. The molecule has 7 rings (SSSR count). The summed E-state index contributed by atoms with van der Waals surface area (Å²) in [7, 11) is 2.34. The van der Waals surface area contributed by atoms with E-state index in [9.17, 15) is 9.90 Å². The number of nitrogens with zero attached hydrogens (tertiary/aromatic N) is 1. The number of hydrogen-bond donors (Lipinski definition) is 1. The summed E-state index contributed by atoms with van der Waals surface area (Å²) in [6.45, 7) is 2.12. The smallest absolute Gasteiger partial charge is 0.174 e. The molecule has 1 saturated heterocycles. The fourth-order valence-corrected chi connectivity index (χ4v) is 7.62. The molecule has 3 fully saturated rings. The van der Waals surface area contributed by atoms with Gasteiger partial charge in [-0.2, -0.15) is 0 Å². The lowest BCUT2D eigenvalue weighted by atomic mass is 9.48. The van der Waals surface area contributed by atoms with Gasteiger partial charge in [-0.1, -0.05) is 24.3 Å². The van der Waals surface area contributed by atoms with Gasteiger partial charge in [0.1, 0.15) is 17.4 Å². The van der Waals surface area contributed by atoms with Crippen LogP contribution in [0, 0.1) is 5.92 Å². The molecule has 2 aliphatic heterocycles. The maximum absolute atomic E-state index is 13.2. The van der Waals surface area contributed by atoms with Crippen molar-refractivity contribution in [2.75, 3.05) is 20.1 Å². The van der Waals surface area contributed by atoms with Gasteiger partial charge in [0.25, 0.3) is 0 Å². The topological polar surface area (TPSA) is 55.8 Å². The van der Waals surface area contributed by atoms with Crippen LogP contribution >= 0.6 is 0 Å². The van der Waals surface area contributed by atoms with Crippen molar-refractivity contribution in [1.82, 2.24) is 0 Å². The monoisotopic (exact) mass is 432 g/mol. The minimum Gasteiger partial charge on any atom is -0.477 e. The Labute approximate surface area is 188 Å². The first-order valence-corrected chi connectivity index (χ1v) is 12.1. The summed E-state index contributed by atoms with van der Waals surface area (Å²) >= 11 is 0. The number of aliphatic hydroxyl groups is 1. The van der Waals surface area contributed by atoms with Crippen molar-refractivity contribution in [3.63, 3.8) is 0 Å². The molecule has 1 unspecified atom stereocenters. The molecule has 5 atom stereocenters. The fraction of sp³-hybridized carbons (Fsp3) is 0.519. The summed E-state index contributed by atoms with van der Waals surface area (Å²) in [6, 6.07) is 13.9. The van der Waals surface area contributed by atoms with Crippen LogP contribution < -0.4 is 9.47 Å². The number of hydrogen-bond acceptors (Lipinski definition) is 4. The molecule has 166 valence electrons. The van der Waals surface area contributed by atoms with Crippen molar-refractivity contribution in [1.29, 1.82) is 0 Å². The first-order valence-electron chi connectivity index (χ1n) is 12.1. The van der Waals surface area contributed by atoms with Crippen molar-refractivity contribution in [2.24, 2.45) is 5.92 Å². The Balaban J connectivity index is 1.40. The molecule has 1 N–H and O–H groups in total. The number of benzene rings is 2. The maximum atomic E-state index is 13.2. The second kappa shape index (κ2) is 6.15. The highest BCUT2D eigenvalue weighted by molar-refractivity contribution is 5.90. The van der Waals surface area contributed by atoms with Gasteiger partial charge >= 0.3 is 0 Å². The van der Waals surface area contributed by atoms with Crippen LogP contribution in [0.4, 0.5) is 0 Å². The maximum Gasteiger partial charge on any atom is 0.174 e. The van der Waals surface area contributed by atoms with Gasteiger partial charge in [0, 0.05) is 30.7 Å². The molecule has 2 bridgehead atoms. The van der Waals surface area contributed by atoms with E-state index >= 15 is 0 Å². The number of rotatable bonds is 4. The van der Waals surface area contributed by atoms with Gasteiger partial charge in [0.05, 0.1) is 25.6 Å². The minimum atomic E-state index is -0.920. The number of ether oxygens (including phenoxy) is 2. The first kappa shape index (κ1) is 19.1. The van der Waals surface area contributed by atoms with Crippen molar-refractivity contribution >= 4 is 5.78 Å². The highest BCUT2D eigenvalue weighted by Crippen LogP contribution is 2.66. The highest BCUT2D eigenvalue weighted by Gasteiger charge is 2.76. The van der Waals surface area contributed by atoms with Gasteiger partial charge in [-0.05, 0) is 43.0 Å². The molecule has 3 aliphatic carbocycles. The standard InChI is InChI=1S/C27H30NO4/c1-28(16-17-7-8-17)14-13-26-23-18-9-10-21(31-19-5-3-2-4-6-19)24(23)32-25(26)20(29)11-12-27(26,30)22(28)15-18/h2-6,9-10,17,22,25,30H,7-8,11-16H2,1H3/q+1/t22-,25+,26+,27-,28?/m1/s1. The zero-order valence-corrected chi connectivity index (χ0v) is 18.5. The van der Waals surface area contributed by atoms with Crippen LogP contribution in [-0.4, -0.2) is 53.3 Å². The van der Waals surface area contributed by atoms with E-state index in [1.807, 2.05) is 36.4 Å². The normalized spacial score (nSPS) is 38.8. The summed E-state index contributed by atoms with van der Waals surface area (Å²) in [5, 5.41) is 12.5. The lowest BCUT2D eigenvalue weighted by Gasteiger charge is -2.64. The molecule has 2 aromatic carbocycles. The van der Waals surface area contributed by atoms with Crippen LogP contribution in [0.15, 0.2) is 42.5 Å². The van der Waals surface area contributed by atoms with Gasteiger partial charge in [-0.25, -0.2) is 0 Å². The van der Waals surface area contributed by atoms with Crippen LogP contribution in [0.1, 0.15) is 43.2 Å². The molecule has 0 radical (unpaired) electrons. The number of carbonyl (C=O) groups is 1. The molecular formula is C27H30NO4+. The van der Waals surface area contributed by atoms with E-state index < -0.39 is 17.1 Å². The Kier molecular flexibility index (Phi) is 3.67. The first-order chi connectivity index (χ1) is 15.4. The number of likely N-dealkylation sites (N-methyl/N-ethyl adjacent to an activating group) is 1. The van der Waals surface area contributed by atoms with E-state index in [-0.39, 0.29) is 11.8 Å². The largest absolute Gasteiger partial charge is 0.477 e. The molecule has 5 aliphatic rings. The molecule has 5 nitrogen and oxygen atoms in total. The van der Waals surface area contributed by atoms with E-state index in [0.29, 0.717) is 24.3 Å². The lowest BCUT2D eigenvalue weighted by molar-refractivity contribution is -0.950. The van der Waals surface area contributed by atoms with Crippen LogP contribution in [0.5, 0.6) is 17.2 Å². The average Bonchev–Trinajstić information content (AvgIpc) is 3.51. The second-order valence-corrected chi connectivity index (χ2v) is 11.0. The molecule has 2 heterocycles. The Bertz CT molecular complexity index is 1130. The molecule has 2 aromatic rings. The fourth-order valence-electron chi connectivity index (χ4n) is 7.62. The highest BCUT2D eigenvalue weighted by atomic mass is 16.5. The van der Waals surface area contributed by atoms with E-state index in [1.54, 1.807) is 0 Å². The van der Waals surface area contributed by atoms with E-state index in [2.05, 4.69) is 13.1 Å². The van der Waals surface area contributed by atoms with Crippen molar-refractivity contribution in [2.45, 2.75) is 61.7 Å². The summed E-state index contributed by atoms with van der Waals surface area (Å²) in [5.41, 5.74) is 0.720. The van der Waals surface area contributed by atoms with Crippen LogP contribution in [0.3, 0.4) is 0 Å². The number of likely N-dealkylation sites (tertiary alicyclic amines) is 1. The minimum absolute atomic E-state index is 0.107. The number of ketones is 1. The predicted molar refractivity (Wildman–Crippen MR) is 119 cm³/mol. The van der Waals surface area contributed by atoms with Gasteiger partial charge in [0.15, 0.2) is 23.4 Å². The Morgan fingerprint density at radius 3 is 2.75 bits per heavy atom. The Morgan fingerprint density at radius 2 is 1.97 bits per heavy atom. The third-order valence-corrected chi connectivity index (χ3v) is 9.23. The molecule has 5 heteroatoms. The van der Waals surface area contributed by atoms with E-state index in [0.717, 1.165) is 47.6 Å². The van der Waals surface area contributed by atoms with Crippen LogP contribution in [0.2, 0.25) is 0 Å².